The molecule has 2 N–H and O–H groups in total. The van der Waals surface area contributed by atoms with Crippen molar-refractivity contribution in [3.05, 3.63) is 60.2 Å². The summed E-state index contributed by atoms with van der Waals surface area (Å²) in [7, 11) is 0. The highest BCUT2D eigenvalue weighted by Gasteiger charge is 2.10. The Morgan fingerprint density at radius 2 is 1.69 bits per heavy atom. The minimum Gasteiger partial charge on any atom is -0.490 e. The van der Waals surface area contributed by atoms with Gasteiger partial charge in [0.2, 0.25) is 0 Å². The molecule has 0 radical (unpaired) electrons. The van der Waals surface area contributed by atoms with E-state index in [0.29, 0.717) is 29.6 Å². The molecule has 1 amide bonds. The average Bonchev–Trinajstić information content (AvgIpc) is 2.66. The predicted octanol–water partition coefficient (Wildman–Crippen LogP) is 3.55. The van der Waals surface area contributed by atoms with Crippen molar-refractivity contribution < 1.29 is 14.3 Å². The first-order chi connectivity index (χ1) is 12.6. The summed E-state index contributed by atoms with van der Waals surface area (Å²) >= 11 is 5.15. The molecular weight excluding hydrogens is 348 g/mol. The van der Waals surface area contributed by atoms with Crippen LogP contribution in [0.5, 0.6) is 11.5 Å². The van der Waals surface area contributed by atoms with Crippen molar-refractivity contribution in [1.82, 2.24) is 10.6 Å². The second kappa shape index (κ2) is 10.4. The molecule has 2 rings (SSSR count). The number of para-hydroxylation sites is 1. The zero-order valence-electron chi connectivity index (χ0n) is 15.0. The van der Waals surface area contributed by atoms with Crippen LogP contribution in [0.4, 0.5) is 0 Å². The molecule has 5 nitrogen and oxygen atoms in total. The molecule has 0 saturated heterocycles. The lowest BCUT2D eigenvalue weighted by molar-refractivity contribution is 0.0976. The minimum absolute atomic E-state index is 0.210. The summed E-state index contributed by atoms with van der Waals surface area (Å²) in [5.74, 6) is 1.14. The topological polar surface area (TPSA) is 59.6 Å². The SMILES string of the molecule is CCC(C)NC(=S)NC(=O)c1cccc(OCCOc2ccccc2)c1. The Morgan fingerprint density at radius 1 is 1.04 bits per heavy atom. The van der Waals surface area contributed by atoms with Gasteiger partial charge in [0.25, 0.3) is 5.91 Å². The Labute approximate surface area is 159 Å². The first-order valence-corrected chi connectivity index (χ1v) is 9.02. The number of carbonyl (C=O) groups excluding carboxylic acids is 1. The molecule has 0 aliphatic rings. The molecule has 1 unspecified atom stereocenters. The van der Waals surface area contributed by atoms with E-state index in [-0.39, 0.29) is 11.9 Å². The molecule has 0 heterocycles. The third-order valence-electron chi connectivity index (χ3n) is 3.68. The fourth-order valence-electron chi connectivity index (χ4n) is 2.10. The Hall–Kier alpha value is -2.60. The summed E-state index contributed by atoms with van der Waals surface area (Å²) in [6, 6.07) is 16.7. The zero-order valence-corrected chi connectivity index (χ0v) is 15.8. The van der Waals surface area contributed by atoms with Crippen LogP contribution in [-0.4, -0.2) is 30.3 Å². The van der Waals surface area contributed by atoms with Crippen molar-refractivity contribution in [3.8, 4) is 11.5 Å². The van der Waals surface area contributed by atoms with Crippen LogP contribution in [0.2, 0.25) is 0 Å². The molecule has 0 spiro atoms. The number of rotatable bonds is 8. The molecule has 0 aliphatic carbocycles. The molecule has 1 atom stereocenters. The molecule has 0 saturated carbocycles. The van der Waals surface area contributed by atoms with E-state index >= 15 is 0 Å². The molecule has 26 heavy (non-hydrogen) atoms. The predicted molar refractivity (Wildman–Crippen MR) is 107 cm³/mol. The van der Waals surface area contributed by atoms with Crippen LogP contribution < -0.4 is 20.1 Å². The van der Waals surface area contributed by atoms with Gasteiger partial charge in [-0.1, -0.05) is 31.2 Å². The lowest BCUT2D eigenvalue weighted by Crippen LogP contribution is -2.43. The number of ether oxygens (including phenoxy) is 2. The van der Waals surface area contributed by atoms with E-state index in [1.165, 1.54) is 0 Å². The van der Waals surface area contributed by atoms with Crippen LogP contribution in [0.25, 0.3) is 0 Å². The lowest BCUT2D eigenvalue weighted by Gasteiger charge is -2.14. The number of carbonyl (C=O) groups is 1. The van der Waals surface area contributed by atoms with Gasteiger partial charge in [-0.15, -0.1) is 0 Å². The smallest absolute Gasteiger partial charge is 0.257 e. The summed E-state index contributed by atoms with van der Waals surface area (Å²) in [5.41, 5.74) is 0.486. The molecule has 0 bridgehead atoms. The lowest BCUT2D eigenvalue weighted by atomic mass is 10.2. The highest BCUT2D eigenvalue weighted by Crippen LogP contribution is 2.14. The monoisotopic (exact) mass is 372 g/mol. The molecule has 0 aromatic heterocycles. The van der Waals surface area contributed by atoms with Crippen LogP contribution in [0.3, 0.4) is 0 Å². The molecule has 0 fully saturated rings. The summed E-state index contributed by atoms with van der Waals surface area (Å²) < 4.78 is 11.2. The van der Waals surface area contributed by atoms with Crippen LogP contribution in [0.15, 0.2) is 54.6 Å². The third kappa shape index (κ3) is 6.72. The summed E-state index contributed by atoms with van der Waals surface area (Å²) in [6.07, 6.45) is 0.921. The Kier molecular flexibility index (Phi) is 7.89. The fourth-order valence-corrected chi connectivity index (χ4v) is 2.39. The zero-order chi connectivity index (χ0) is 18.8. The van der Waals surface area contributed by atoms with Crippen molar-refractivity contribution in [1.29, 1.82) is 0 Å². The van der Waals surface area contributed by atoms with Gasteiger partial charge in [-0.3, -0.25) is 10.1 Å². The third-order valence-corrected chi connectivity index (χ3v) is 3.90. The number of thiocarbonyl (C=S) groups is 1. The summed E-state index contributed by atoms with van der Waals surface area (Å²) in [5, 5.41) is 6.06. The number of hydrogen-bond donors (Lipinski definition) is 2. The quantitative estimate of drug-likeness (QED) is 0.548. The van der Waals surface area contributed by atoms with E-state index in [1.54, 1.807) is 24.3 Å². The number of hydrogen-bond acceptors (Lipinski definition) is 4. The van der Waals surface area contributed by atoms with Gasteiger partial charge in [0.05, 0.1) is 0 Å². The van der Waals surface area contributed by atoms with Gasteiger partial charge in [0.15, 0.2) is 5.11 Å². The van der Waals surface area contributed by atoms with E-state index in [1.807, 2.05) is 44.2 Å². The maximum absolute atomic E-state index is 12.3. The van der Waals surface area contributed by atoms with Gasteiger partial charge in [0, 0.05) is 11.6 Å². The Balaban J connectivity index is 1.81. The van der Waals surface area contributed by atoms with E-state index in [9.17, 15) is 4.79 Å². The first kappa shape index (κ1) is 19.7. The summed E-state index contributed by atoms with van der Waals surface area (Å²) in [6.45, 7) is 4.85. The van der Waals surface area contributed by atoms with Gasteiger partial charge >= 0.3 is 0 Å². The minimum atomic E-state index is -0.267. The van der Waals surface area contributed by atoms with Gasteiger partial charge in [-0.05, 0) is 55.9 Å². The molecule has 6 heteroatoms. The number of amides is 1. The Morgan fingerprint density at radius 3 is 2.38 bits per heavy atom. The molecule has 0 aliphatic heterocycles. The number of nitrogens with one attached hydrogen (secondary N) is 2. The van der Waals surface area contributed by atoms with Gasteiger partial charge < -0.3 is 14.8 Å². The molecular formula is C20H24N2O3S. The molecule has 2 aromatic rings. The van der Waals surface area contributed by atoms with Crippen LogP contribution in [0, 0.1) is 0 Å². The highest BCUT2D eigenvalue weighted by atomic mass is 32.1. The van der Waals surface area contributed by atoms with E-state index < -0.39 is 0 Å². The standard InChI is InChI=1S/C20H24N2O3S/c1-3-15(2)21-20(26)22-19(23)16-8-7-11-18(14-16)25-13-12-24-17-9-5-4-6-10-17/h4-11,14-15H,3,12-13H2,1-2H3,(H2,21,22,23,26). The molecule has 138 valence electrons. The normalized spacial score (nSPS) is 11.3. The van der Waals surface area contributed by atoms with Crippen LogP contribution in [-0.2, 0) is 0 Å². The van der Waals surface area contributed by atoms with Gasteiger partial charge in [0.1, 0.15) is 24.7 Å². The second-order valence-electron chi connectivity index (χ2n) is 5.77. The summed E-state index contributed by atoms with van der Waals surface area (Å²) in [4.78, 5) is 12.3. The second-order valence-corrected chi connectivity index (χ2v) is 6.18. The maximum Gasteiger partial charge on any atom is 0.257 e. The largest absolute Gasteiger partial charge is 0.490 e. The van der Waals surface area contributed by atoms with Crippen molar-refractivity contribution in [2.24, 2.45) is 0 Å². The maximum atomic E-state index is 12.3. The van der Waals surface area contributed by atoms with E-state index in [4.69, 9.17) is 21.7 Å². The van der Waals surface area contributed by atoms with Crippen molar-refractivity contribution in [2.75, 3.05) is 13.2 Å². The molecule has 2 aromatic carbocycles. The number of benzene rings is 2. The van der Waals surface area contributed by atoms with Crippen molar-refractivity contribution in [2.45, 2.75) is 26.3 Å². The average molecular weight is 372 g/mol. The van der Waals surface area contributed by atoms with E-state index in [0.717, 1.165) is 12.2 Å². The Bertz CT molecular complexity index is 722. The highest BCUT2D eigenvalue weighted by molar-refractivity contribution is 7.80. The van der Waals surface area contributed by atoms with Crippen molar-refractivity contribution in [3.63, 3.8) is 0 Å². The first-order valence-electron chi connectivity index (χ1n) is 8.61. The van der Waals surface area contributed by atoms with Crippen LogP contribution >= 0.6 is 12.2 Å². The van der Waals surface area contributed by atoms with E-state index in [2.05, 4.69) is 10.6 Å². The van der Waals surface area contributed by atoms with Crippen LogP contribution in [0.1, 0.15) is 30.6 Å². The van der Waals surface area contributed by atoms with Gasteiger partial charge in [-0.2, -0.15) is 0 Å². The van der Waals surface area contributed by atoms with Gasteiger partial charge in [-0.25, -0.2) is 0 Å². The fraction of sp³-hybridized carbons (Fsp3) is 0.300. The van der Waals surface area contributed by atoms with Crippen molar-refractivity contribution >= 4 is 23.2 Å².